The topological polar surface area (TPSA) is 101 Å². The molecule has 2 rings (SSSR count). The summed E-state index contributed by atoms with van der Waals surface area (Å²) in [5, 5.41) is 18.5. The van der Waals surface area contributed by atoms with Gasteiger partial charge < -0.3 is 15.9 Å². The normalized spacial score (nSPS) is 13.4. The third-order valence-electron chi connectivity index (χ3n) is 4.13. The van der Waals surface area contributed by atoms with Crippen LogP contribution in [0.4, 0.5) is 0 Å². The zero-order valence-corrected chi connectivity index (χ0v) is 13.2. The van der Waals surface area contributed by atoms with E-state index in [9.17, 15) is 14.7 Å². The predicted octanol–water partition coefficient (Wildman–Crippen LogP) is 2.71. The van der Waals surface area contributed by atoms with E-state index in [4.69, 9.17) is 10.8 Å². The summed E-state index contributed by atoms with van der Waals surface area (Å²) in [7, 11) is 0. The SMILES string of the molecule is N[C@@H](C[C@@H](CC(c1ccccc1)c1ccccc1)C(=O)O)C(=O)O. The van der Waals surface area contributed by atoms with Gasteiger partial charge in [-0.25, -0.2) is 0 Å². The van der Waals surface area contributed by atoms with Crippen LogP contribution in [-0.4, -0.2) is 28.2 Å². The van der Waals surface area contributed by atoms with Crippen molar-refractivity contribution in [3.05, 3.63) is 71.8 Å². The van der Waals surface area contributed by atoms with E-state index in [0.717, 1.165) is 11.1 Å². The molecular formula is C19H21NO4. The molecule has 2 aromatic rings. The van der Waals surface area contributed by atoms with Crippen LogP contribution in [0, 0.1) is 5.92 Å². The summed E-state index contributed by atoms with van der Waals surface area (Å²) >= 11 is 0. The van der Waals surface area contributed by atoms with Crippen LogP contribution in [0.15, 0.2) is 60.7 Å². The van der Waals surface area contributed by atoms with E-state index in [1.807, 2.05) is 60.7 Å². The first-order valence-corrected chi connectivity index (χ1v) is 7.80. The number of benzene rings is 2. The molecule has 0 saturated carbocycles. The van der Waals surface area contributed by atoms with Crippen molar-refractivity contribution in [3.8, 4) is 0 Å². The smallest absolute Gasteiger partial charge is 0.320 e. The Hall–Kier alpha value is -2.66. The first kappa shape index (κ1) is 17.7. The number of carboxylic acids is 2. The Bertz CT molecular complexity index is 633. The number of hydrogen-bond donors (Lipinski definition) is 3. The van der Waals surface area contributed by atoms with Crippen molar-refractivity contribution in [3.63, 3.8) is 0 Å². The molecule has 0 unspecified atom stereocenters. The summed E-state index contributed by atoms with van der Waals surface area (Å²) in [6, 6.07) is 18.1. The fraction of sp³-hybridized carbons (Fsp3) is 0.263. The number of nitrogens with two attached hydrogens (primary N) is 1. The second kappa shape index (κ2) is 8.26. The zero-order valence-electron chi connectivity index (χ0n) is 13.2. The van der Waals surface area contributed by atoms with Crippen LogP contribution in [0.2, 0.25) is 0 Å². The molecule has 4 N–H and O–H groups in total. The van der Waals surface area contributed by atoms with E-state index in [2.05, 4.69) is 0 Å². The molecule has 2 atom stereocenters. The van der Waals surface area contributed by atoms with E-state index >= 15 is 0 Å². The predicted molar refractivity (Wildman–Crippen MR) is 90.7 cm³/mol. The van der Waals surface area contributed by atoms with Crippen LogP contribution in [0.25, 0.3) is 0 Å². The lowest BCUT2D eigenvalue weighted by Gasteiger charge is -2.23. The van der Waals surface area contributed by atoms with Gasteiger partial charge in [0, 0.05) is 5.92 Å². The van der Waals surface area contributed by atoms with Gasteiger partial charge in [-0.3, -0.25) is 9.59 Å². The minimum Gasteiger partial charge on any atom is -0.481 e. The summed E-state index contributed by atoms with van der Waals surface area (Å²) in [5.74, 6) is -3.17. The Morgan fingerprint density at radius 2 is 1.25 bits per heavy atom. The molecule has 0 bridgehead atoms. The molecular weight excluding hydrogens is 306 g/mol. The lowest BCUT2D eigenvalue weighted by atomic mass is 9.81. The molecule has 2 aromatic carbocycles. The second-order valence-corrected chi connectivity index (χ2v) is 5.83. The third kappa shape index (κ3) is 4.67. The van der Waals surface area contributed by atoms with E-state index < -0.39 is 23.9 Å². The van der Waals surface area contributed by atoms with E-state index in [0.29, 0.717) is 6.42 Å². The summed E-state index contributed by atoms with van der Waals surface area (Å²) in [5.41, 5.74) is 7.54. The van der Waals surface area contributed by atoms with Crippen molar-refractivity contribution in [2.45, 2.75) is 24.8 Å². The lowest BCUT2D eigenvalue weighted by molar-refractivity contribution is -0.143. The van der Waals surface area contributed by atoms with Gasteiger partial charge in [-0.15, -0.1) is 0 Å². The Labute approximate surface area is 140 Å². The summed E-state index contributed by atoms with van der Waals surface area (Å²) < 4.78 is 0. The maximum atomic E-state index is 11.6. The Morgan fingerprint density at radius 3 is 1.62 bits per heavy atom. The molecule has 5 nitrogen and oxygen atoms in total. The van der Waals surface area contributed by atoms with Gasteiger partial charge in [0.05, 0.1) is 5.92 Å². The van der Waals surface area contributed by atoms with Crippen LogP contribution in [0.1, 0.15) is 29.9 Å². The molecule has 0 aromatic heterocycles. The van der Waals surface area contributed by atoms with Crippen LogP contribution in [-0.2, 0) is 9.59 Å². The third-order valence-corrected chi connectivity index (χ3v) is 4.13. The molecule has 0 aliphatic rings. The largest absolute Gasteiger partial charge is 0.481 e. The van der Waals surface area contributed by atoms with E-state index in [-0.39, 0.29) is 12.3 Å². The highest BCUT2D eigenvalue weighted by Gasteiger charge is 2.28. The summed E-state index contributed by atoms with van der Waals surface area (Å²) in [4.78, 5) is 22.6. The van der Waals surface area contributed by atoms with Gasteiger partial charge >= 0.3 is 11.9 Å². The van der Waals surface area contributed by atoms with Crippen LogP contribution < -0.4 is 5.73 Å². The molecule has 24 heavy (non-hydrogen) atoms. The number of rotatable bonds is 8. The molecule has 5 heteroatoms. The first-order chi connectivity index (χ1) is 11.5. The van der Waals surface area contributed by atoms with E-state index in [1.165, 1.54) is 0 Å². The molecule has 0 saturated heterocycles. The second-order valence-electron chi connectivity index (χ2n) is 5.83. The van der Waals surface area contributed by atoms with Crippen LogP contribution >= 0.6 is 0 Å². The lowest BCUT2D eigenvalue weighted by Crippen LogP contribution is -2.35. The molecule has 0 aliphatic heterocycles. The minimum absolute atomic E-state index is 0.0964. The number of carbonyl (C=O) groups is 2. The molecule has 0 radical (unpaired) electrons. The Balaban J connectivity index is 2.29. The monoisotopic (exact) mass is 327 g/mol. The molecule has 126 valence electrons. The fourth-order valence-corrected chi connectivity index (χ4v) is 2.83. The number of aliphatic carboxylic acids is 2. The van der Waals surface area contributed by atoms with Crippen molar-refractivity contribution in [1.29, 1.82) is 0 Å². The van der Waals surface area contributed by atoms with Gasteiger partial charge in [0.2, 0.25) is 0 Å². The molecule has 0 fully saturated rings. The highest BCUT2D eigenvalue weighted by molar-refractivity contribution is 5.75. The van der Waals surface area contributed by atoms with Gasteiger partial charge in [-0.2, -0.15) is 0 Å². The van der Waals surface area contributed by atoms with Crippen LogP contribution in [0.3, 0.4) is 0 Å². The Kier molecular flexibility index (Phi) is 6.09. The highest BCUT2D eigenvalue weighted by Crippen LogP contribution is 2.32. The first-order valence-electron chi connectivity index (χ1n) is 7.80. The van der Waals surface area contributed by atoms with E-state index in [1.54, 1.807) is 0 Å². The molecule has 0 spiro atoms. The van der Waals surface area contributed by atoms with Crippen molar-refractivity contribution >= 4 is 11.9 Å². The van der Waals surface area contributed by atoms with Crippen molar-refractivity contribution in [1.82, 2.24) is 0 Å². The fourth-order valence-electron chi connectivity index (χ4n) is 2.83. The highest BCUT2D eigenvalue weighted by atomic mass is 16.4. The van der Waals surface area contributed by atoms with Gasteiger partial charge in [0.1, 0.15) is 6.04 Å². The average molecular weight is 327 g/mol. The van der Waals surface area contributed by atoms with Crippen LogP contribution in [0.5, 0.6) is 0 Å². The maximum absolute atomic E-state index is 11.6. The molecule has 0 aliphatic carbocycles. The van der Waals surface area contributed by atoms with Gasteiger partial charge in [0.15, 0.2) is 0 Å². The van der Waals surface area contributed by atoms with Crippen molar-refractivity contribution in [2.75, 3.05) is 0 Å². The minimum atomic E-state index is -1.18. The van der Waals surface area contributed by atoms with Crippen molar-refractivity contribution < 1.29 is 19.8 Å². The van der Waals surface area contributed by atoms with Crippen molar-refractivity contribution in [2.24, 2.45) is 11.7 Å². The summed E-state index contributed by atoms with van der Waals surface area (Å²) in [6.07, 6.45) is 0.200. The van der Waals surface area contributed by atoms with Gasteiger partial charge in [-0.1, -0.05) is 60.7 Å². The average Bonchev–Trinajstić information content (AvgIpc) is 2.59. The summed E-state index contributed by atoms with van der Waals surface area (Å²) in [6.45, 7) is 0. The maximum Gasteiger partial charge on any atom is 0.320 e. The zero-order chi connectivity index (χ0) is 17.5. The van der Waals surface area contributed by atoms with Gasteiger partial charge in [-0.05, 0) is 24.0 Å². The standard InChI is InChI=1S/C19H21NO4/c20-17(19(23)24)12-15(18(21)22)11-16(13-7-3-1-4-8-13)14-9-5-2-6-10-14/h1-10,15-17H,11-12,20H2,(H,21,22)(H,23,24)/t15-,17+/m1/s1. The molecule has 0 amide bonds. The Morgan fingerprint density at radius 1 is 0.792 bits per heavy atom. The van der Waals surface area contributed by atoms with Gasteiger partial charge in [0.25, 0.3) is 0 Å². The molecule has 0 heterocycles. The number of hydrogen-bond acceptors (Lipinski definition) is 3. The number of carboxylic acid groups (broad SMARTS) is 2. The quantitative estimate of drug-likeness (QED) is 0.692.